The average molecular weight is 430 g/mol. The summed E-state index contributed by atoms with van der Waals surface area (Å²) in [5.74, 6) is 0.772. The van der Waals surface area contributed by atoms with E-state index in [0.717, 1.165) is 25.8 Å². The van der Waals surface area contributed by atoms with Crippen LogP contribution in [0.15, 0.2) is 21.5 Å². The van der Waals surface area contributed by atoms with E-state index in [1.807, 2.05) is 0 Å². The summed E-state index contributed by atoms with van der Waals surface area (Å²) >= 11 is 3.31. The maximum absolute atomic E-state index is 12.5. The first-order chi connectivity index (χ1) is 10.5. The molecule has 6 nitrogen and oxygen atoms in total. The van der Waals surface area contributed by atoms with E-state index in [9.17, 15) is 8.42 Å². The van der Waals surface area contributed by atoms with Crippen LogP contribution in [-0.4, -0.2) is 41.8 Å². The van der Waals surface area contributed by atoms with Crippen molar-refractivity contribution in [2.45, 2.75) is 30.2 Å². The maximum atomic E-state index is 12.5. The number of methoxy groups -OCH3 is 2. The number of ether oxygens (including phenoxy) is 2. The summed E-state index contributed by atoms with van der Waals surface area (Å²) in [6, 6.07) is 3.22. The van der Waals surface area contributed by atoms with Gasteiger partial charge in [-0.2, -0.15) is 0 Å². The highest BCUT2D eigenvalue weighted by Crippen LogP contribution is 2.35. The van der Waals surface area contributed by atoms with Gasteiger partial charge in [-0.25, -0.2) is 13.1 Å². The van der Waals surface area contributed by atoms with Gasteiger partial charge in [0.15, 0.2) is 0 Å². The molecule has 1 aliphatic heterocycles. The second-order valence-electron chi connectivity index (χ2n) is 5.14. The lowest BCUT2D eigenvalue weighted by molar-refractivity contribution is 0.383. The van der Waals surface area contributed by atoms with E-state index in [4.69, 9.17) is 9.47 Å². The Morgan fingerprint density at radius 1 is 1.26 bits per heavy atom. The fraction of sp³-hybridized carbons (Fsp3) is 0.571. The highest BCUT2D eigenvalue weighted by atomic mass is 79.9. The van der Waals surface area contributed by atoms with E-state index in [1.54, 1.807) is 6.07 Å². The molecule has 2 rings (SSSR count). The van der Waals surface area contributed by atoms with Crippen LogP contribution in [-0.2, 0) is 10.0 Å². The summed E-state index contributed by atoms with van der Waals surface area (Å²) in [7, 11) is -0.701. The summed E-state index contributed by atoms with van der Waals surface area (Å²) < 4.78 is 38.6. The molecule has 0 aromatic heterocycles. The third-order valence-electron chi connectivity index (χ3n) is 3.66. The number of rotatable bonds is 6. The molecular weight excluding hydrogens is 408 g/mol. The molecule has 1 fully saturated rings. The summed E-state index contributed by atoms with van der Waals surface area (Å²) in [5.41, 5.74) is 0. The van der Waals surface area contributed by atoms with Crippen LogP contribution in [0.1, 0.15) is 19.3 Å². The summed E-state index contributed by atoms with van der Waals surface area (Å²) in [6.45, 7) is 1.30. The Hall–Kier alpha value is -0.540. The van der Waals surface area contributed by atoms with Gasteiger partial charge in [-0.15, -0.1) is 12.4 Å². The number of sulfonamides is 1. The quantitative estimate of drug-likeness (QED) is 0.726. The molecule has 0 radical (unpaired) electrons. The Labute approximate surface area is 151 Å². The topological polar surface area (TPSA) is 76.7 Å². The van der Waals surface area contributed by atoms with E-state index in [0.29, 0.717) is 16.8 Å². The van der Waals surface area contributed by atoms with Gasteiger partial charge < -0.3 is 14.8 Å². The maximum Gasteiger partial charge on any atom is 0.244 e. The Morgan fingerprint density at radius 3 is 2.52 bits per heavy atom. The fourth-order valence-electron chi connectivity index (χ4n) is 2.43. The van der Waals surface area contributed by atoms with Crippen molar-refractivity contribution < 1.29 is 17.9 Å². The molecule has 1 aromatic carbocycles. The van der Waals surface area contributed by atoms with E-state index >= 15 is 0 Å². The van der Waals surface area contributed by atoms with Gasteiger partial charge >= 0.3 is 0 Å². The zero-order valence-corrected chi connectivity index (χ0v) is 16.3. The zero-order valence-electron chi connectivity index (χ0n) is 13.1. The van der Waals surface area contributed by atoms with Crippen molar-refractivity contribution in [2.75, 3.05) is 27.3 Å². The second kappa shape index (κ2) is 9.08. The molecule has 1 saturated heterocycles. The minimum absolute atomic E-state index is 0. The lowest BCUT2D eigenvalue weighted by Gasteiger charge is -2.23. The number of halogens is 2. The van der Waals surface area contributed by atoms with Crippen molar-refractivity contribution in [3.8, 4) is 11.5 Å². The Morgan fingerprint density at radius 2 is 1.96 bits per heavy atom. The number of piperidine rings is 1. The molecule has 2 N–H and O–H groups in total. The molecule has 1 aromatic rings. The van der Waals surface area contributed by atoms with Crippen molar-refractivity contribution in [2.24, 2.45) is 0 Å². The first kappa shape index (κ1) is 20.5. The number of hydrogen-bond acceptors (Lipinski definition) is 5. The first-order valence-corrected chi connectivity index (χ1v) is 9.40. The molecule has 0 amide bonds. The molecule has 1 unspecified atom stereocenters. The predicted octanol–water partition coefficient (Wildman–Crippen LogP) is 2.31. The van der Waals surface area contributed by atoms with Crippen LogP contribution in [0.2, 0.25) is 0 Å². The SMILES string of the molecule is COc1cc(OC)c(S(=O)(=O)NCC2CCCCN2)cc1Br.Cl. The zero-order chi connectivity index (χ0) is 16.2. The minimum Gasteiger partial charge on any atom is -0.495 e. The van der Waals surface area contributed by atoms with Gasteiger partial charge in [0, 0.05) is 18.7 Å². The largest absolute Gasteiger partial charge is 0.495 e. The second-order valence-corrected chi connectivity index (χ2v) is 7.73. The highest BCUT2D eigenvalue weighted by molar-refractivity contribution is 9.10. The normalized spacial score (nSPS) is 18.1. The molecule has 0 bridgehead atoms. The summed E-state index contributed by atoms with van der Waals surface area (Å²) in [6.07, 6.45) is 3.24. The van der Waals surface area contributed by atoms with Crippen LogP contribution >= 0.6 is 28.3 Å². The molecule has 23 heavy (non-hydrogen) atoms. The van der Waals surface area contributed by atoms with Gasteiger partial charge in [-0.1, -0.05) is 6.42 Å². The van der Waals surface area contributed by atoms with Crippen molar-refractivity contribution in [3.05, 3.63) is 16.6 Å². The molecule has 1 atom stereocenters. The van der Waals surface area contributed by atoms with E-state index in [2.05, 4.69) is 26.0 Å². The number of benzene rings is 1. The van der Waals surface area contributed by atoms with Crippen molar-refractivity contribution in [3.63, 3.8) is 0 Å². The minimum atomic E-state index is -3.65. The number of hydrogen-bond donors (Lipinski definition) is 2. The molecule has 0 spiro atoms. The molecule has 1 aliphatic rings. The third-order valence-corrected chi connectivity index (χ3v) is 5.72. The standard InChI is InChI=1S/C14H21BrN2O4S.ClH/c1-20-12-8-13(21-2)14(7-11(12)15)22(18,19)17-9-10-5-3-4-6-16-10;/h7-8,10,16-17H,3-6,9H2,1-2H3;1H. The molecule has 0 saturated carbocycles. The van der Waals surface area contributed by atoms with Gasteiger partial charge in [0.1, 0.15) is 16.4 Å². The van der Waals surface area contributed by atoms with Crippen LogP contribution in [0.5, 0.6) is 11.5 Å². The molecule has 1 heterocycles. The smallest absolute Gasteiger partial charge is 0.244 e. The highest BCUT2D eigenvalue weighted by Gasteiger charge is 2.23. The Kier molecular flexibility index (Phi) is 8.09. The lowest BCUT2D eigenvalue weighted by atomic mass is 10.1. The van der Waals surface area contributed by atoms with Crippen molar-refractivity contribution in [1.29, 1.82) is 0 Å². The molecule has 0 aliphatic carbocycles. The third kappa shape index (κ3) is 5.22. The average Bonchev–Trinajstić information content (AvgIpc) is 2.53. The van der Waals surface area contributed by atoms with Gasteiger partial charge in [0.05, 0.1) is 18.7 Å². The summed E-state index contributed by atoms with van der Waals surface area (Å²) in [5, 5.41) is 3.31. The van der Waals surface area contributed by atoms with Crippen LogP contribution in [0, 0.1) is 0 Å². The van der Waals surface area contributed by atoms with E-state index < -0.39 is 10.0 Å². The molecular formula is C14H22BrClN2O4S. The first-order valence-electron chi connectivity index (χ1n) is 7.12. The predicted molar refractivity (Wildman–Crippen MR) is 95.3 cm³/mol. The van der Waals surface area contributed by atoms with Gasteiger partial charge in [-0.05, 0) is 41.4 Å². The van der Waals surface area contributed by atoms with Gasteiger partial charge in [-0.3, -0.25) is 0 Å². The fourth-order valence-corrected chi connectivity index (χ4v) is 4.34. The Bertz CT molecular complexity index is 621. The molecule has 9 heteroatoms. The van der Waals surface area contributed by atoms with Crippen LogP contribution < -0.4 is 19.5 Å². The van der Waals surface area contributed by atoms with Crippen LogP contribution in [0.4, 0.5) is 0 Å². The Balaban J connectivity index is 0.00000264. The lowest BCUT2D eigenvalue weighted by Crippen LogP contribution is -2.43. The number of nitrogens with one attached hydrogen (secondary N) is 2. The molecule has 132 valence electrons. The van der Waals surface area contributed by atoms with Crippen LogP contribution in [0.3, 0.4) is 0 Å². The summed E-state index contributed by atoms with van der Waals surface area (Å²) in [4.78, 5) is 0.0958. The van der Waals surface area contributed by atoms with E-state index in [1.165, 1.54) is 20.3 Å². The van der Waals surface area contributed by atoms with Crippen LogP contribution in [0.25, 0.3) is 0 Å². The monoisotopic (exact) mass is 428 g/mol. The van der Waals surface area contributed by atoms with Gasteiger partial charge in [0.2, 0.25) is 10.0 Å². The van der Waals surface area contributed by atoms with E-state index in [-0.39, 0.29) is 29.1 Å². The van der Waals surface area contributed by atoms with Gasteiger partial charge in [0.25, 0.3) is 0 Å². The van der Waals surface area contributed by atoms with Crippen molar-refractivity contribution >= 4 is 38.4 Å². The van der Waals surface area contributed by atoms with Crippen molar-refractivity contribution in [1.82, 2.24) is 10.0 Å².